The van der Waals surface area contributed by atoms with E-state index < -0.39 is 11.6 Å². The van der Waals surface area contributed by atoms with Crippen LogP contribution in [0.2, 0.25) is 0 Å². The third-order valence-electron chi connectivity index (χ3n) is 2.49. The van der Waals surface area contributed by atoms with E-state index in [-0.39, 0.29) is 6.42 Å². The molecule has 0 aliphatic carbocycles. The average Bonchev–Trinajstić information content (AvgIpc) is 2.35. The van der Waals surface area contributed by atoms with Gasteiger partial charge in [-0.25, -0.2) is 4.79 Å². The minimum absolute atomic E-state index is 0.149. The number of rotatable bonds is 5. The summed E-state index contributed by atoms with van der Waals surface area (Å²) in [5, 5.41) is 9.44. The molecule has 1 rings (SSSR count). The summed E-state index contributed by atoms with van der Waals surface area (Å²) in [6.07, 6.45) is 0.149. The number of carboxylic acid groups (broad SMARTS) is 1. The highest BCUT2D eigenvalue weighted by Gasteiger charge is 2.40. The van der Waals surface area contributed by atoms with Crippen LogP contribution in [0.4, 0.5) is 0 Å². The summed E-state index contributed by atoms with van der Waals surface area (Å²) in [6, 6.07) is 8.94. The monoisotopic (exact) mass is 232 g/mol. The zero-order chi connectivity index (χ0) is 12.7. The molecule has 1 atom stereocenters. The van der Waals surface area contributed by atoms with Crippen LogP contribution in [-0.2, 0) is 15.1 Å². The van der Waals surface area contributed by atoms with Crippen molar-refractivity contribution in [3.05, 3.63) is 35.9 Å². The molecule has 0 spiro atoms. The fourth-order valence-corrected chi connectivity index (χ4v) is 1.66. The van der Waals surface area contributed by atoms with E-state index in [0.29, 0.717) is 12.2 Å². The molecule has 0 amide bonds. The third-order valence-corrected chi connectivity index (χ3v) is 2.49. The molecule has 0 aliphatic heterocycles. The maximum atomic E-state index is 11.5. The molecule has 0 saturated carbocycles. The second-order valence-electron chi connectivity index (χ2n) is 3.53. The summed E-state index contributed by atoms with van der Waals surface area (Å²) in [6.45, 7) is 3.79. The van der Waals surface area contributed by atoms with Crippen molar-refractivity contribution in [1.29, 1.82) is 0 Å². The minimum atomic E-state index is -1.36. The zero-order valence-electron chi connectivity index (χ0n) is 10.1. The van der Waals surface area contributed by atoms with Gasteiger partial charge in [0.05, 0.1) is 6.42 Å². The van der Waals surface area contributed by atoms with Gasteiger partial charge in [-0.1, -0.05) is 36.3 Å². The molecule has 3 nitrogen and oxygen atoms in total. The second-order valence-corrected chi connectivity index (χ2v) is 3.53. The van der Waals surface area contributed by atoms with Gasteiger partial charge < -0.3 is 9.84 Å². The van der Waals surface area contributed by atoms with E-state index in [1.54, 1.807) is 38.1 Å². The Morgan fingerprint density at radius 1 is 1.41 bits per heavy atom. The van der Waals surface area contributed by atoms with Crippen LogP contribution in [0.25, 0.3) is 0 Å². The molecule has 3 heteroatoms. The van der Waals surface area contributed by atoms with Crippen LogP contribution in [0.15, 0.2) is 30.3 Å². The molecule has 0 radical (unpaired) electrons. The van der Waals surface area contributed by atoms with Crippen LogP contribution in [0.1, 0.15) is 25.8 Å². The van der Waals surface area contributed by atoms with Gasteiger partial charge in [-0.2, -0.15) is 0 Å². The number of hydrogen-bond donors (Lipinski definition) is 1. The van der Waals surface area contributed by atoms with Crippen LogP contribution >= 0.6 is 0 Å². The summed E-state index contributed by atoms with van der Waals surface area (Å²) >= 11 is 0. The first-order valence-corrected chi connectivity index (χ1v) is 5.50. The number of carboxylic acids is 1. The Bertz CT molecular complexity index is 428. The summed E-state index contributed by atoms with van der Waals surface area (Å²) in [5.41, 5.74) is -0.740. The number of carbonyl (C=O) groups is 1. The molecule has 0 heterocycles. The third kappa shape index (κ3) is 2.86. The highest BCUT2D eigenvalue weighted by Crippen LogP contribution is 2.29. The van der Waals surface area contributed by atoms with Gasteiger partial charge >= 0.3 is 5.97 Å². The van der Waals surface area contributed by atoms with Crippen LogP contribution in [0, 0.1) is 11.8 Å². The molecular formula is C14H16O3. The van der Waals surface area contributed by atoms with Crippen LogP contribution in [0.3, 0.4) is 0 Å². The van der Waals surface area contributed by atoms with Crippen molar-refractivity contribution in [2.24, 2.45) is 0 Å². The van der Waals surface area contributed by atoms with Gasteiger partial charge in [0.1, 0.15) is 0 Å². The van der Waals surface area contributed by atoms with Crippen molar-refractivity contribution in [3.63, 3.8) is 0 Å². The van der Waals surface area contributed by atoms with E-state index in [4.69, 9.17) is 4.74 Å². The van der Waals surface area contributed by atoms with Crippen LogP contribution in [-0.4, -0.2) is 17.7 Å². The molecule has 1 aromatic rings. The van der Waals surface area contributed by atoms with E-state index in [2.05, 4.69) is 11.8 Å². The van der Waals surface area contributed by atoms with Gasteiger partial charge in [0.15, 0.2) is 0 Å². The zero-order valence-corrected chi connectivity index (χ0v) is 10.1. The lowest BCUT2D eigenvalue weighted by Crippen LogP contribution is -2.38. The Hall–Kier alpha value is -1.79. The normalized spacial score (nSPS) is 13.3. The van der Waals surface area contributed by atoms with Crippen LogP contribution in [0.5, 0.6) is 0 Å². The molecule has 1 unspecified atom stereocenters. The Labute approximate surface area is 101 Å². The predicted molar refractivity (Wildman–Crippen MR) is 65.4 cm³/mol. The lowest BCUT2D eigenvalue weighted by molar-refractivity contribution is -0.166. The SMILES string of the molecule is CC#CCC(OCC)(C(=O)O)c1ccccc1. The first kappa shape index (κ1) is 13.3. The van der Waals surface area contributed by atoms with Gasteiger partial charge in [0, 0.05) is 6.61 Å². The van der Waals surface area contributed by atoms with E-state index >= 15 is 0 Å². The molecule has 0 bridgehead atoms. The molecule has 0 fully saturated rings. The predicted octanol–water partition coefficient (Wildman–Crippen LogP) is 2.42. The van der Waals surface area contributed by atoms with E-state index in [1.807, 2.05) is 6.07 Å². The van der Waals surface area contributed by atoms with Gasteiger partial charge in [0.25, 0.3) is 0 Å². The molecule has 1 aromatic carbocycles. The highest BCUT2D eigenvalue weighted by molar-refractivity contribution is 5.80. The highest BCUT2D eigenvalue weighted by atomic mass is 16.5. The van der Waals surface area contributed by atoms with E-state index in [1.165, 1.54) is 0 Å². The van der Waals surface area contributed by atoms with E-state index in [9.17, 15) is 9.90 Å². The fourth-order valence-electron chi connectivity index (χ4n) is 1.66. The second kappa shape index (κ2) is 6.07. The fraction of sp³-hybridized carbons (Fsp3) is 0.357. The lowest BCUT2D eigenvalue weighted by atomic mass is 9.90. The number of benzene rings is 1. The largest absolute Gasteiger partial charge is 0.479 e. The quantitative estimate of drug-likeness (QED) is 0.793. The summed E-state index contributed by atoms with van der Waals surface area (Å²) < 4.78 is 5.48. The number of hydrogen-bond acceptors (Lipinski definition) is 2. The summed E-state index contributed by atoms with van der Waals surface area (Å²) in [7, 11) is 0. The smallest absolute Gasteiger partial charge is 0.341 e. The Morgan fingerprint density at radius 2 is 2.06 bits per heavy atom. The van der Waals surface area contributed by atoms with Crippen molar-refractivity contribution >= 4 is 5.97 Å². The van der Waals surface area contributed by atoms with Gasteiger partial charge in [-0.3, -0.25) is 0 Å². The summed E-state index contributed by atoms with van der Waals surface area (Å²) in [4.78, 5) is 11.5. The average molecular weight is 232 g/mol. The number of ether oxygens (including phenoxy) is 1. The van der Waals surface area contributed by atoms with Gasteiger partial charge in [-0.05, 0) is 19.4 Å². The molecule has 0 aromatic heterocycles. The number of aliphatic carboxylic acids is 1. The molecule has 1 N–H and O–H groups in total. The maximum Gasteiger partial charge on any atom is 0.341 e. The lowest BCUT2D eigenvalue weighted by Gasteiger charge is -2.27. The maximum absolute atomic E-state index is 11.5. The molecule has 0 aliphatic rings. The van der Waals surface area contributed by atoms with Crippen molar-refractivity contribution in [2.75, 3.05) is 6.61 Å². The van der Waals surface area contributed by atoms with Crippen molar-refractivity contribution in [2.45, 2.75) is 25.9 Å². The van der Waals surface area contributed by atoms with Gasteiger partial charge in [0.2, 0.25) is 5.60 Å². The molecule has 90 valence electrons. The Morgan fingerprint density at radius 3 is 2.53 bits per heavy atom. The molecular weight excluding hydrogens is 216 g/mol. The topological polar surface area (TPSA) is 46.5 Å². The van der Waals surface area contributed by atoms with Crippen molar-refractivity contribution in [1.82, 2.24) is 0 Å². The Balaban J connectivity index is 3.22. The van der Waals surface area contributed by atoms with Gasteiger partial charge in [-0.15, -0.1) is 5.92 Å². The van der Waals surface area contributed by atoms with Crippen LogP contribution < -0.4 is 0 Å². The standard InChI is InChI=1S/C14H16O3/c1-3-5-11-14(13(15)16,17-4-2)12-9-7-6-8-10-12/h6-10H,4,11H2,1-2H3,(H,15,16). The van der Waals surface area contributed by atoms with Crippen molar-refractivity contribution < 1.29 is 14.6 Å². The summed E-state index contributed by atoms with van der Waals surface area (Å²) in [5.74, 6) is 4.50. The minimum Gasteiger partial charge on any atom is -0.479 e. The molecule has 17 heavy (non-hydrogen) atoms. The first-order chi connectivity index (χ1) is 8.17. The Kier molecular flexibility index (Phi) is 4.74. The molecule has 0 saturated heterocycles. The van der Waals surface area contributed by atoms with E-state index in [0.717, 1.165) is 0 Å². The van der Waals surface area contributed by atoms with Crippen molar-refractivity contribution in [3.8, 4) is 11.8 Å². The first-order valence-electron chi connectivity index (χ1n) is 5.50.